The van der Waals surface area contributed by atoms with E-state index in [0.717, 1.165) is 58.2 Å². The fraction of sp³-hybridized carbons (Fsp3) is 0.552. The molecule has 1 atom stereocenters. The molecular formula is C29H38N2O2. The molecule has 5 rings (SSSR count). The van der Waals surface area contributed by atoms with Gasteiger partial charge in [-0.25, -0.2) is 0 Å². The Balaban J connectivity index is 1.20. The summed E-state index contributed by atoms with van der Waals surface area (Å²) in [5, 5.41) is 0. The van der Waals surface area contributed by atoms with Gasteiger partial charge in [0.2, 0.25) is 5.91 Å². The Hall–Kier alpha value is -2.17. The predicted molar refractivity (Wildman–Crippen MR) is 133 cm³/mol. The van der Waals surface area contributed by atoms with Crippen molar-refractivity contribution in [1.82, 2.24) is 4.90 Å². The lowest BCUT2D eigenvalue weighted by molar-refractivity contribution is -0.124. The van der Waals surface area contributed by atoms with Gasteiger partial charge in [0.15, 0.2) is 0 Å². The van der Waals surface area contributed by atoms with Crippen molar-refractivity contribution < 1.29 is 9.53 Å². The van der Waals surface area contributed by atoms with E-state index >= 15 is 0 Å². The molecule has 4 heteroatoms. The minimum atomic E-state index is 0.213. The zero-order valence-electron chi connectivity index (χ0n) is 19.8. The molecule has 0 aromatic heterocycles. The van der Waals surface area contributed by atoms with Gasteiger partial charge in [0.05, 0.1) is 12.7 Å². The fourth-order valence-electron chi connectivity index (χ4n) is 5.97. The van der Waals surface area contributed by atoms with Crippen LogP contribution in [0, 0.1) is 5.92 Å². The quantitative estimate of drug-likeness (QED) is 0.579. The lowest BCUT2D eigenvalue weighted by Crippen LogP contribution is -2.53. The Kier molecular flexibility index (Phi) is 7.43. The first-order valence-corrected chi connectivity index (χ1v) is 13.1. The molecule has 33 heavy (non-hydrogen) atoms. The summed E-state index contributed by atoms with van der Waals surface area (Å²) >= 11 is 0. The van der Waals surface area contributed by atoms with Crippen molar-refractivity contribution in [2.75, 3.05) is 24.5 Å². The molecule has 0 radical (unpaired) electrons. The molecule has 2 aromatic carbocycles. The van der Waals surface area contributed by atoms with Crippen molar-refractivity contribution in [3.05, 3.63) is 65.7 Å². The highest BCUT2D eigenvalue weighted by Gasteiger charge is 2.36. The van der Waals surface area contributed by atoms with E-state index in [1.165, 1.54) is 36.1 Å². The topological polar surface area (TPSA) is 32.8 Å². The molecule has 1 unspecified atom stereocenters. The van der Waals surface area contributed by atoms with E-state index in [2.05, 4.69) is 58.3 Å². The van der Waals surface area contributed by atoms with Gasteiger partial charge in [-0.3, -0.25) is 4.79 Å². The van der Waals surface area contributed by atoms with Crippen LogP contribution in [0.3, 0.4) is 0 Å². The van der Waals surface area contributed by atoms with Gasteiger partial charge in [-0.2, -0.15) is 0 Å². The molecule has 2 heterocycles. The average Bonchev–Trinajstić information content (AvgIpc) is 2.89. The van der Waals surface area contributed by atoms with Crippen LogP contribution in [0.2, 0.25) is 0 Å². The van der Waals surface area contributed by atoms with Crippen LogP contribution in [0.4, 0.5) is 5.69 Å². The molecule has 0 N–H and O–H groups in total. The van der Waals surface area contributed by atoms with Gasteiger partial charge in [-0.05, 0) is 55.7 Å². The molecule has 4 nitrogen and oxygen atoms in total. The summed E-state index contributed by atoms with van der Waals surface area (Å²) in [6, 6.07) is 19.3. The number of fused-ring (bicyclic) bond motifs is 1. The Morgan fingerprint density at radius 3 is 2.36 bits per heavy atom. The summed E-state index contributed by atoms with van der Waals surface area (Å²) in [5.41, 5.74) is 3.76. The number of nitrogens with zero attached hydrogens (tertiary/aromatic N) is 2. The molecule has 2 aromatic rings. The van der Waals surface area contributed by atoms with Crippen LogP contribution in [0.25, 0.3) is 0 Å². The number of likely N-dealkylation sites (tertiary alicyclic amines) is 1. The highest BCUT2D eigenvalue weighted by Crippen LogP contribution is 2.35. The second-order valence-corrected chi connectivity index (χ2v) is 10.2. The summed E-state index contributed by atoms with van der Waals surface area (Å²) in [6.45, 7) is 3.80. The SMILES string of the molecule is O=C(C1CCCCC1)N1c2ccccc2CCC1CN1CCC(OCc2ccccc2)CC1. The number of carbonyl (C=O) groups is 1. The van der Waals surface area contributed by atoms with Crippen LogP contribution in [0.1, 0.15) is 62.5 Å². The van der Waals surface area contributed by atoms with Crippen LogP contribution in [0.15, 0.2) is 54.6 Å². The second kappa shape index (κ2) is 10.8. The number of carbonyl (C=O) groups excluding carboxylic acids is 1. The maximum absolute atomic E-state index is 13.7. The third-order valence-electron chi connectivity index (χ3n) is 7.89. The van der Waals surface area contributed by atoms with Gasteiger partial charge in [0.1, 0.15) is 0 Å². The van der Waals surface area contributed by atoms with E-state index in [1.807, 2.05) is 6.07 Å². The molecule has 1 saturated carbocycles. The molecule has 3 aliphatic rings. The number of benzene rings is 2. The second-order valence-electron chi connectivity index (χ2n) is 10.2. The molecule has 0 bridgehead atoms. The van der Waals surface area contributed by atoms with Gasteiger partial charge in [-0.1, -0.05) is 67.8 Å². The largest absolute Gasteiger partial charge is 0.373 e. The van der Waals surface area contributed by atoms with Crippen LogP contribution in [-0.4, -0.2) is 42.6 Å². The maximum Gasteiger partial charge on any atom is 0.230 e. The van der Waals surface area contributed by atoms with E-state index in [9.17, 15) is 4.79 Å². The number of para-hydroxylation sites is 1. The summed E-state index contributed by atoms with van der Waals surface area (Å²) in [7, 11) is 0. The molecule has 176 valence electrons. The number of aryl methyl sites for hydroxylation is 1. The van der Waals surface area contributed by atoms with Crippen molar-refractivity contribution in [3.8, 4) is 0 Å². The Labute approximate surface area is 198 Å². The summed E-state index contributed by atoms with van der Waals surface area (Å²) < 4.78 is 6.20. The maximum atomic E-state index is 13.7. The lowest BCUT2D eigenvalue weighted by atomic mass is 9.86. The molecule has 1 saturated heterocycles. The number of ether oxygens (including phenoxy) is 1. The summed E-state index contributed by atoms with van der Waals surface area (Å²) in [4.78, 5) is 18.5. The van der Waals surface area contributed by atoms with Crippen LogP contribution in [-0.2, 0) is 22.6 Å². The highest BCUT2D eigenvalue weighted by molar-refractivity contribution is 5.97. The first kappa shape index (κ1) is 22.6. The molecule has 1 aliphatic carbocycles. The lowest BCUT2D eigenvalue weighted by Gasteiger charge is -2.43. The molecule has 2 fully saturated rings. The van der Waals surface area contributed by atoms with Crippen molar-refractivity contribution in [2.45, 2.75) is 76.5 Å². The van der Waals surface area contributed by atoms with Crippen molar-refractivity contribution in [1.29, 1.82) is 0 Å². The number of piperidine rings is 1. The number of hydrogen-bond donors (Lipinski definition) is 0. The highest BCUT2D eigenvalue weighted by atomic mass is 16.5. The normalized spacial score (nSPS) is 22.8. The fourth-order valence-corrected chi connectivity index (χ4v) is 5.97. The van der Waals surface area contributed by atoms with Gasteiger partial charge >= 0.3 is 0 Å². The van der Waals surface area contributed by atoms with E-state index in [-0.39, 0.29) is 12.0 Å². The van der Waals surface area contributed by atoms with Gasteiger partial charge in [-0.15, -0.1) is 0 Å². The molecule has 1 amide bonds. The first-order chi connectivity index (χ1) is 16.3. The van der Waals surface area contributed by atoms with Crippen LogP contribution < -0.4 is 4.90 Å². The Morgan fingerprint density at radius 1 is 0.848 bits per heavy atom. The van der Waals surface area contributed by atoms with Crippen molar-refractivity contribution in [2.24, 2.45) is 5.92 Å². The Morgan fingerprint density at radius 2 is 1.58 bits per heavy atom. The van der Waals surface area contributed by atoms with Gasteiger partial charge in [0, 0.05) is 37.3 Å². The minimum absolute atomic E-state index is 0.213. The predicted octanol–water partition coefficient (Wildman–Crippen LogP) is 5.60. The Bertz CT molecular complexity index is 901. The first-order valence-electron chi connectivity index (χ1n) is 13.1. The average molecular weight is 447 g/mol. The third kappa shape index (κ3) is 5.50. The zero-order chi connectivity index (χ0) is 22.5. The minimum Gasteiger partial charge on any atom is -0.373 e. The van der Waals surface area contributed by atoms with Crippen molar-refractivity contribution in [3.63, 3.8) is 0 Å². The van der Waals surface area contributed by atoms with Gasteiger partial charge in [0.25, 0.3) is 0 Å². The van der Waals surface area contributed by atoms with Crippen LogP contribution in [0.5, 0.6) is 0 Å². The summed E-state index contributed by atoms with van der Waals surface area (Å²) in [6.07, 6.45) is 10.5. The van der Waals surface area contributed by atoms with E-state index in [0.29, 0.717) is 18.6 Å². The summed E-state index contributed by atoms with van der Waals surface area (Å²) in [5.74, 6) is 0.595. The number of hydrogen-bond acceptors (Lipinski definition) is 3. The van der Waals surface area contributed by atoms with E-state index in [4.69, 9.17) is 4.74 Å². The molecule has 0 spiro atoms. The number of amides is 1. The third-order valence-corrected chi connectivity index (χ3v) is 7.89. The van der Waals surface area contributed by atoms with Crippen molar-refractivity contribution >= 4 is 11.6 Å². The standard InChI is InChI=1S/C29H38N2O2/c32-29(25-12-5-2-6-13-25)31-26(16-15-24-11-7-8-14-28(24)31)21-30-19-17-27(18-20-30)33-22-23-9-3-1-4-10-23/h1,3-4,7-11,14,25-27H,2,5-6,12-13,15-22H2. The van der Waals surface area contributed by atoms with Gasteiger partial charge < -0.3 is 14.5 Å². The number of anilines is 1. The monoisotopic (exact) mass is 446 g/mol. The number of rotatable bonds is 6. The zero-order valence-corrected chi connectivity index (χ0v) is 19.8. The smallest absolute Gasteiger partial charge is 0.230 e. The molecular weight excluding hydrogens is 408 g/mol. The van der Waals surface area contributed by atoms with E-state index < -0.39 is 0 Å². The van der Waals surface area contributed by atoms with E-state index in [1.54, 1.807) is 0 Å². The molecule has 2 aliphatic heterocycles. The van der Waals surface area contributed by atoms with Crippen LogP contribution >= 0.6 is 0 Å².